The van der Waals surface area contributed by atoms with Crippen molar-refractivity contribution in [1.82, 2.24) is 0 Å². The van der Waals surface area contributed by atoms with Crippen molar-refractivity contribution in [3.05, 3.63) is 0 Å². The standard InChI is InChI=1S/C10H18O/c1-8-5-4-6-10(3,7-8)9(2)11/h8H,4-7H2,1-3H3/t8-,10?/m1/s1. The molecule has 1 nitrogen and oxygen atoms in total. The van der Waals surface area contributed by atoms with Crippen molar-refractivity contribution >= 4 is 5.78 Å². The molecule has 0 amide bonds. The van der Waals surface area contributed by atoms with Crippen molar-refractivity contribution in [3.63, 3.8) is 0 Å². The molecule has 1 aliphatic carbocycles. The Morgan fingerprint density at radius 1 is 1.55 bits per heavy atom. The lowest BCUT2D eigenvalue weighted by molar-refractivity contribution is -0.128. The van der Waals surface area contributed by atoms with Crippen LogP contribution < -0.4 is 0 Å². The highest BCUT2D eigenvalue weighted by atomic mass is 16.1. The summed E-state index contributed by atoms with van der Waals surface area (Å²) >= 11 is 0. The van der Waals surface area contributed by atoms with E-state index in [0.717, 1.165) is 18.8 Å². The van der Waals surface area contributed by atoms with E-state index in [-0.39, 0.29) is 5.41 Å². The van der Waals surface area contributed by atoms with Crippen molar-refractivity contribution in [2.24, 2.45) is 11.3 Å². The zero-order valence-electron chi connectivity index (χ0n) is 7.81. The van der Waals surface area contributed by atoms with Gasteiger partial charge in [0.2, 0.25) is 0 Å². The summed E-state index contributed by atoms with van der Waals surface area (Å²) in [6.45, 7) is 6.10. The van der Waals surface area contributed by atoms with Gasteiger partial charge in [-0.25, -0.2) is 0 Å². The predicted molar refractivity (Wildman–Crippen MR) is 46.4 cm³/mol. The molecular weight excluding hydrogens is 136 g/mol. The van der Waals surface area contributed by atoms with Crippen LogP contribution in [0, 0.1) is 11.3 Å². The molecule has 0 spiro atoms. The van der Waals surface area contributed by atoms with E-state index in [1.165, 1.54) is 12.8 Å². The second-order valence-corrected chi connectivity index (χ2v) is 4.32. The number of Topliss-reactive ketones (excluding diaryl/α,β-unsaturated/α-hetero) is 1. The van der Waals surface area contributed by atoms with Crippen LogP contribution in [0.2, 0.25) is 0 Å². The summed E-state index contributed by atoms with van der Waals surface area (Å²) in [5.74, 6) is 1.13. The number of hydrogen-bond donors (Lipinski definition) is 0. The van der Waals surface area contributed by atoms with Crippen LogP contribution in [0.5, 0.6) is 0 Å². The van der Waals surface area contributed by atoms with Gasteiger partial charge in [0.15, 0.2) is 0 Å². The van der Waals surface area contributed by atoms with Gasteiger partial charge in [-0.1, -0.05) is 26.7 Å². The summed E-state index contributed by atoms with van der Waals surface area (Å²) in [6.07, 6.45) is 4.75. The lowest BCUT2D eigenvalue weighted by Gasteiger charge is -2.34. The average molecular weight is 154 g/mol. The third kappa shape index (κ3) is 1.82. The lowest BCUT2D eigenvalue weighted by Crippen LogP contribution is -2.31. The van der Waals surface area contributed by atoms with Gasteiger partial charge in [0, 0.05) is 5.41 Å². The Labute approximate surface area is 69.2 Å². The third-order valence-electron chi connectivity index (χ3n) is 3.07. The van der Waals surface area contributed by atoms with E-state index in [0.29, 0.717) is 5.78 Å². The van der Waals surface area contributed by atoms with Gasteiger partial charge in [-0.15, -0.1) is 0 Å². The lowest BCUT2D eigenvalue weighted by atomic mass is 9.69. The summed E-state index contributed by atoms with van der Waals surface area (Å²) in [6, 6.07) is 0. The Bertz CT molecular complexity index is 162. The molecule has 0 bridgehead atoms. The molecule has 1 fully saturated rings. The number of hydrogen-bond acceptors (Lipinski definition) is 1. The van der Waals surface area contributed by atoms with E-state index in [1.54, 1.807) is 6.92 Å². The second kappa shape index (κ2) is 2.96. The number of carbonyl (C=O) groups excluding carboxylic acids is 1. The Kier molecular flexibility index (Phi) is 2.36. The molecule has 1 unspecified atom stereocenters. The van der Waals surface area contributed by atoms with Crippen LogP contribution in [0.25, 0.3) is 0 Å². The van der Waals surface area contributed by atoms with E-state index < -0.39 is 0 Å². The normalized spacial score (nSPS) is 38.6. The molecular formula is C10H18O. The molecule has 1 rings (SSSR count). The molecule has 0 aromatic rings. The maximum absolute atomic E-state index is 11.3. The van der Waals surface area contributed by atoms with Crippen molar-refractivity contribution in [1.29, 1.82) is 0 Å². The zero-order chi connectivity index (χ0) is 8.48. The Hall–Kier alpha value is -0.330. The topological polar surface area (TPSA) is 17.1 Å². The minimum absolute atomic E-state index is 0.0116. The molecule has 1 saturated carbocycles. The van der Waals surface area contributed by atoms with E-state index in [9.17, 15) is 4.79 Å². The number of ketones is 1. The Morgan fingerprint density at radius 2 is 2.18 bits per heavy atom. The van der Waals surface area contributed by atoms with Crippen LogP contribution in [0.1, 0.15) is 46.5 Å². The molecule has 0 saturated heterocycles. The quantitative estimate of drug-likeness (QED) is 0.567. The number of rotatable bonds is 1. The van der Waals surface area contributed by atoms with Crippen LogP contribution in [-0.4, -0.2) is 5.78 Å². The molecule has 2 atom stereocenters. The van der Waals surface area contributed by atoms with E-state index in [4.69, 9.17) is 0 Å². The third-order valence-corrected chi connectivity index (χ3v) is 3.07. The van der Waals surface area contributed by atoms with Crippen LogP contribution >= 0.6 is 0 Å². The van der Waals surface area contributed by atoms with Crippen molar-refractivity contribution in [2.45, 2.75) is 46.5 Å². The second-order valence-electron chi connectivity index (χ2n) is 4.32. The molecule has 1 aliphatic rings. The Balaban J connectivity index is 2.63. The average Bonchev–Trinajstić information content (AvgIpc) is 1.86. The molecule has 0 aliphatic heterocycles. The smallest absolute Gasteiger partial charge is 0.135 e. The maximum atomic E-state index is 11.3. The van der Waals surface area contributed by atoms with Crippen LogP contribution in [-0.2, 0) is 4.79 Å². The molecule has 11 heavy (non-hydrogen) atoms. The first-order chi connectivity index (χ1) is 5.04. The van der Waals surface area contributed by atoms with Gasteiger partial charge in [0.05, 0.1) is 0 Å². The first kappa shape index (κ1) is 8.76. The molecule has 0 aromatic carbocycles. The van der Waals surface area contributed by atoms with Crippen molar-refractivity contribution in [3.8, 4) is 0 Å². The highest BCUT2D eigenvalue weighted by Gasteiger charge is 2.34. The van der Waals surface area contributed by atoms with Crippen molar-refractivity contribution < 1.29 is 4.79 Å². The highest BCUT2D eigenvalue weighted by Crippen LogP contribution is 2.39. The minimum Gasteiger partial charge on any atom is -0.299 e. The molecule has 0 aromatic heterocycles. The summed E-state index contributed by atoms with van der Waals surface area (Å²) in [4.78, 5) is 11.3. The van der Waals surface area contributed by atoms with Gasteiger partial charge in [-0.3, -0.25) is 4.79 Å². The maximum Gasteiger partial charge on any atom is 0.135 e. The molecule has 64 valence electrons. The number of carbonyl (C=O) groups is 1. The van der Waals surface area contributed by atoms with Gasteiger partial charge >= 0.3 is 0 Å². The summed E-state index contributed by atoms with van der Waals surface area (Å²) in [7, 11) is 0. The predicted octanol–water partition coefficient (Wildman–Crippen LogP) is 2.79. The fourth-order valence-electron chi connectivity index (χ4n) is 2.13. The largest absolute Gasteiger partial charge is 0.299 e. The first-order valence-corrected chi connectivity index (χ1v) is 4.56. The highest BCUT2D eigenvalue weighted by molar-refractivity contribution is 5.81. The molecule has 0 heterocycles. The van der Waals surface area contributed by atoms with Gasteiger partial charge < -0.3 is 0 Å². The van der Waals surface area contributed by atoms with Crippen molar-refractivity contribution in [2.75, 3.05) is 0 Å². The van der Waals surface area contributed by atoms with Gasteiger partial charge in [-0.2, -0.15) is 0 Å². The van der Waals surface area contributed by atoms with E-state index >= 15 is 0 Å². The Morgan fingerprint density at radius 3 is 2.55 bits per heavy atom. The fourth-order valence-corrected chi connectivity index (χ4v) is 2.13. The summed E-state index contributed by atoms with van der Waals surface area (Å²) in [5.41, 5.74) is 0.0116. The summed E-state index contributed by atoms with van der Waals surface area (Å²) in [5, 5.41) is 0. The molecule has 0 radical (unpaired) electrons. The monoisotopic (exact) mass is 154 g/mol. The first-order valence-electron chi connectivity index (χ1n) is 4.56. The minimum atomic E-state index is 0.0116. The van der Waals surface area contributed by atoms with Crippen LogP contribution in [0.15, 0.2) is 0 Å². The van der Waals surface area contributed by atoms with Gasteiger partial charge in [0.25, 0.3) is 0 Å². The van der Waals surface area contributed by atoms with Crippen LogP contribution in [0.4, 0.5) is 0 Å². The van der Waals surface area contributed by atoms with E-state index in [2.05, 4.69) is 13.8 Å². The van der Waals surface area contributed by atoms with Gasteiger partial charge in [0.1, 0.15) is 5.78 Å². The van der Waals surface area contributed by atoms with Crippen LogP contribution in [0.3, 0.4) is 0 Å². The van der Waals surface area contributed by atoms with E-state index in [1.807, 2.05) is 0 Å². The summed E-state index contributed by atoms with van der Waals surface area (Å²) < 4.78 is 0. The molecule has 1 heteroatoms. The SMILES string of the molecule is CC(=O)C1(C)CCC[C@@H](C)C1. The van der Waals surface area contributed by atoms with Gasteiger partial charge in [-0.05, 0) is 25.7 Å². The molecule has 0 N–H and O–H groups in total. The zero-order valence-corrected chi connectivity index (χ0v) is 7.81. The fraction of sp³-hybridized carbons (Fsp3) is 0.900.